The van der Waals surface area contributed by atoms with Crippen LogP contribution < -0.4 is 9.64 Å². The average Bonchev–Trinajstić information content (AvgIpc) is 2.98. The number of piperazine rings is 1. The van der Waals surface area contributed by atoms with Crippen molar-refractivity contribution in [2.45, 2.75) is 18.6 Å². The quantitative estimate of drug-likeness (QED) is 0.800. The third kappa shape index (κ3) is 3.57. The van der Waals surface area contributed by atoms with E-state index in [0.29, 0.717) is 18.0 Å². The van der Waals surface area contributed by atoms with Gasteiger partial charge >= 0.3 is 0 Å². The molecule has 7 heteroatoms. The van der Waals surface area contributed by atoms with E-state index in [2.05, 4.69) is 0 Å². The molecule has 0 saturated carbocycles. The first-order valence-corrected chi connectivity index (χ1v) is 10.7. The molecule has 0 aliphatic carbocycles. The van der Waals surface area contributed by atoms with Crippen molar-refractivity contribution < 1.29 is 17.9 Å². The first kappa shape index (κ1) is 18.0. The number of sulfone groups is 1. The molecule has 0 N–H and O–H groups in total. The highest BCUT2D eigenvalue weighted by atomic mass is 32.2. The van der Waals surface area contributed by atoms with Crippen LogP contribution in [0.2, 0.25) is 0 Å². The third-order valence-electron chi connectivity index (χ3n) is 5.28. The fourth-order valence-corrected chi connectivity index (χ4v) is 6.01. The summed E-state index contributed by atoms with van der Waals surface area (Å²) in [5.41, 5.74) is 1.79. The second-order valence-electron chi connectivity index (χ2n) is 7.06. The molecule has 0 unspecified atom stereocenters. The summed E-state index contributed by atoms with van der Waals surface area (Å²) < 4.78 is 30.0. The molecule has 142 valence electrons. The Morgan fingerprint density at radius 1 is 1.00 bits per heavy atom. The molecule has 2 aromatic rings. The van der Waals surface area contributed by atoms with Gasteiger partial charge in [0.1, 0.15) is 5.75 Å². The lowest BCUT2D eigenvalue weighted by Gasteiger charge is -2.43. The van der Waals surface area contributed by atoms with E-state index in [9.17, 15) is 13.2 Å². The molecular weight excluding hydrogens is 364 g/mol. The zero-order chi connectivity index (χ0) is 19.0. The van der Waals surface area contributed by atoms with Gasteiger partial charge in [-0.3, -0.25) is 9.69 Å². The lowest BCUT2D eigenvalue weighted by molar-refractivity contribution is -0.123. The molecule has 2 aliphatic heterocycles. The minimum atomic E-state index is -3.19. The Bertz CT molecular complexity index is 928. The van der Waals surface area contributed by atoms with Gasteiger partial charge in [0.15, 0.2) is 9.84 Å². The van der Waals surface area contributed by atoms with Crippen molar-refractivity contribution in [3.63, 3.8) is 0 Å². The monoisotopic (exact) mass is 386 g/mol. The maximum atomic E-state index is 13.0. The molecule has 0 bridgehead atoms. The minimum absolute atomic E-state index is 0.000720. The van der Waals surface area contributed by atoms with Crippen molar-refractivity contribution in [2.75, 3.05) is 30.1 Å². The largest absolute Gasteiger partial charge is 0.497 e. The van der Waals surface area contributed by atoms with Crippen LogP contribution in [0.15, 0.2) is 54.6 Å². The number of methoxy groups -OCH3 is 1. The summed E-state index contributed by atoms with van der Waals surface area (Å²) in [7, 11) is -1.61. The van der Waals surface area contributed by atoms with Crippen molar-refractivity contribution in [1.82, 2.24) is 4.90 Å². The number of nitrogens with zero attached hydrogens (tertiary/aromatic N) is 2. The summed E-state index contributed by atoms with van der Waals surface area (Å²) in [6.07, 6.45) is 0. The van der Waals surface area contributed by atoms with E-state index in [1.54, 1.807) is 24.1 Å². The smallest absolute Gasteiger partial charge is 0.241 e. The standard InChI is InChI=1S/C20H22N2O4S/c1-26-17-9-7-16(8-10-17)22-19-14-27(24,25)13-18(19)21(12-20(22)23)11-15-5-3-2-4-6-15/h2-10,18-19H,11-14H2,1H3/t18-,19+/m1/s1. The Hall–Kier alpha value is -2.38. The number of hydrogen-bond donors (Lipinski definition) is 0. The van der Waals surface area contributed by atoms with Crippen molar-refractivity contribution in [3.05, 3.63) is 60.2 Å². The number of carbonyl (C=O) groups is 1. The Kier molecular flexibility index (Phi) is 4.65. The highest BCUT2D eigenvalue weighted by molar-refractivity contribution is 7.91. The molecule has 27 heavy (non-hydrogen) atoms. The van der Waals surface area contributed by atoms with Gasteiger partial charge in [0.25, 0.3) is 0 Å². The highest BCUT2D eigenvalue weighted by Gasteiger charge is 2.49. The summed E-state index contributed by atoms with van der Waals surface area (Å²) in [4.78, 5) is 16.6. The highest BCUT2D eigenvalue weighted by Crippen LogP contribution is 2.33. The predicted octanol–water partition coefficient (Wildman–Crippen LogP) is 1.71. The second kappa shape index (κ2) is 6.98. The summed E-state index contributed by atoms with van der Waals surface area (Å²) in [5, 5.41) is 0. The maximum absolute atomic E-state index is 13.0. The van der Waals surface area contributed by atoms with Gasteiger partial charge in [0.2, 0.25) is 5.91 Å². The number of rotatable bonds is 4. The summed E-state index contributed by atoms with van der Waals surface area (Å²) in [6.45, 7) is 0.775. The van der Waals surface area contributed by atoms with Crippen molar-refractivity contribution in [3.8, 4) is 5.75 Å². The van der Waals surface area contributed by atoms with E-state index in [-0.39, 0.29) is 36.0 Å². The van der Waals surface area contributed by atoms with Gasteiger partial charge in [-0.1, -0.05) is 30.3 Å². The molecule has 2 saturated heterocycles. The molecule has 2 heterocycles. The zero-order valence-corrected chi connectivity index (χ0v) is 15.9. The summed E-state index contributed by atoms with van der Waals surface area (Å²) in [6, 6.07) is 16.5. The minimum Gasteiger partial charge on any atom is -0.497 e. The van der Waals surface area contributed by atoms with Gasteiger partial charge in [-0.2, -0.15) is 0 Å². The molecule has 2 aliphatic rings. The number of anilines is 1. The topological polar surface area (TPSA) is 66.9 Å². The molecule has 6 nitrogen and oxygen atoms in total. The van der Waals surface area contributed by atoms with Crippen LogP contribution in [-0.4, -0.2) is 56.5 Å². The van der Waals surface area contributed by atoms with E-state index in [1.807, 2.05) is 47.4 Å². The third-order valence-corrected chi connectivity index (χ3v) is 6.98. The maximum Gasteiger partial charge on any atom is 0.241 e. The van der Waals surface area contributed by atoms with Gasteiger partial charge in [-0.15, -0.1) is 0 Å². The predicted molar refractivity (Wildman–Crippen MR) is 104 cm³/mol. The summed E-state index contributed by atoms with van der Waals surface area (Å²) in [5.74, 6) is 0.712. The molecule has 2 fully saturated rings. The number of fused-ring (bicyclic) bond motifs is 1. The number of benzene rings is 2. The van der Waals surface area contributed by atoms with Gasteiger partial charge in [0.05, 0.1) is 31.2 Å². The van der Waals surface area contributed by atoms with Crippen molar-refractivity contribution in [2.24, 2.45) is 0 Å². The van der Waals surface area contributed by atoms with Crippen molar-refractivity contribution >= 4 is 21.4 Å². The first-order valence-electron chi connectivity index (χ1n) is 8.91. The van der Waals surface area contributed by atoms with Gasteiger partial charge in [-0.05, 0) is 29.8 Å². The summed E-state index contributed by atoms with van der Waals surface area (Å²) >= 11 is 0. The van der Waals surface area contributed by atoms with Gasteiger partial charge in [-0.25, -0.2) is 8.42 Å². The van der Waals surface area contributed by atoms with Crippen LogP contribution in [0.25, 0.3) is 0 Å². The molecule has 2 atom stereocenters. The van der Waals surface area contributed by atoms with Crippen LogP contribution in [0.5, 0.6) is 5.75 Å². The van der Waals surface area contributed by atoms with Crippen LogP contribution in [0.3, 0.4) is 0 Å². The molecule has 2 aromatic carbocycles. The zero-order valence-electron chi connectivity index (χ0n) is 15.1. The molecule has 0 aromatic heterocycles. The molecule has 4 rings (SSSR count). The molecular formula is C20H22N2O4S. The van der Waals surface area contributed by atoms with E-state index >= 15 is 0 Å². The molecule has 1 amide bonds. The van der Waals surface area contributed by atoms with Gasteiger partial charge in [0, 0.05) is 18.3 Å². The second-order valence-corrected chi connectivity index (χ2v) is 9.22. The normalized spacial score (nSPS) is 24.6. The van der Waals surface area contributed by atoms with Crippen LogP contribution in [0.4, 0.5) is 5.69 Å². The Morgan fingerprint density at radius 2 is 1.67 bits per heavy atom. The number of amides is 1. The fraction of sp³-hybridized carbons (Fsp3) is 0.350. The Morgan fingerprint density at radius 3 is 2.33 bits per heavy atom. The number of ether oxygens (including phenoxy) is 1. The van der Waals surface area contributed by atoms with Crippen LogP contribution in [-0.2, 0) is 21.2 Å². The SMILES string of the molecule is COc1ccc(N2C(=O)CN(Cc3ccccc3)[C@@H]3CS(=O)(=O)C[C@@H]32)cc1. The number of hydrogen-bond acceptors (Lipinski definition) is 5. The van der Waals surface area contributed by atoms with E-state index in [4.69, 9.17) is 4.74 Å². The Labute approximate surface area is 159 Å². The van der Waals surface area contributed by atoms with Crippen LogP contribution in [0, 0.1) is 0 Å². The van der Waals surface area contributed by atoms with Crippen molar-refractivity contribution in [1.29, 1.82) is 0 Å². The number of carbonyl (C=O) groups excluding carboxylic acids is 1. The van der Waals surface area contributed by atoms with Crippen LogP contribution in [0.1, 0.15) is 5.56 Å². The average molecular weight is 386 g/mol. The molecule has 0 radical (unpaired) electrons. The first-order chi connectivity index (χ1) is 13.0. The Balaban J connectivity index is 1.65. The van der Waals surface area contributed by atoms with Gasteiger partial charge < -0.3 is 9.64 Å². The fourth-order valence-electron chi connectivity index (χ4n) is 4.03. The van der Waals surface area contributed by atoms with E-state index < -0.39 is 9.84 Å². The van der Waals surface area contributed by atoms with E-state index in [0.717, 1.165) is 5.56 Å². The lowest BCUT2D eigenvalue weighted by atomic mass is 10.0. The van der Waals surface area contributed by atoms with E-state index in [1.165, 1.54) is 0 Å². The van der Waals surface area contributed by atoms with Crippen LogP contribution >= 0.6 is 0 Å². The lowest BCUT2D eigenvalue weighted by Crippen LogP contribution is -2.61. The molecule has 0 spiro atoms.